The summed E-state index contributed by atoms with van der Waals surface area (Å²) < 4.78 is 10.5. The molecule has 0 atom stereocenters. The van der Waals surface area contributed by atoms with Crippen LogP contribution in [0.25, 0.3) is 11.4 Å². The summed E-state index contributed by atoms with van der Waals surface area (Å²) in [5.41, 5.74) is 1.63. The molecule has 0 N–H and O–H groups in total. The van der Waals surface area contributed by atoms with Crippen molar-refractivity contribution in [2.24, 2.45) is 0 Å². The van der Waals surface area contributed by atoms with Gasteiger partial charge in [-0.1, -0.05) is 32.4 Å². The second kappa shape index (κ2) is 5.90. The van der Waals surface area contributed by atoms with Crippen LogP contribution in [0.4, 0.5) is 0 Å². The van der Waals surface area contributed by atoms with E-state index in [-0.39, 0.29) is 5.41 Å². The SMILES string of the molecule is COc1ccc(-c2nc(Cl)cc(C(C)(C)C)n2)cc1OC. The van der Waals surface area contributed by atoms with E-state index in [9.17, 15) is 0 Å². The minimum atomic E-state index is -0.0993. The van der Waals surface area contributed by atoms with Crippen LogP contribution in [0.5, 0.6) is 11.5 Å². The first kappa shape index (κ1) is 15.6. The minimum absolute atomic E-state index is 0.0993. The predicted octanol–water partition coefficient (Wildman–Crippen LogP) is 4.11. The molecule has 1 heterocycles. The van der Waals surface area contributed by atoms with E-state index in [2.05, 4.69) is 30.7 Å². The van der Waals surface area contributed by atoms with E-state index >= 15 is 0 Å². The quantitative estimate of drug-likeness (QED) is 0.800. The Labute approximate surface area is 130 Å². The molecule has 0 spiro atoms. The molecule has 0 unspecified atom stereocenters. The fourth-order valence-corrected chi connectivity index (χ4v) is 2.09. The molecule has 21 heavy (non-hydrogen) atoms. The molecule has 0 aliphatic carbocycles. The largest absolute Gasteiger partial charge is 0.493 e. The highest BCUT2D eigenvalue weighted by Gasteiger charge is 2.18. The molecule has 0 fully saturated rings. The third-order valence-electron chi connectivity index (χ3n) is 3.11. The molecule has 2 rings (SSSR count). The number of hydrogen-bond donors (Lipinski definition) is 0. The summed E-state index contributed by atoms with van der Waals surface area (Å²) in [4.78, 5) is 8.92. The van der Waals surface area contributed by atoms with Gasteiger partial charge in [0.1, 0.15) is 5.15 Å². The van der Waals surface area contributed by atoms with Gasteiger partial charge in [0.15, 0.2) is 17.3 Å². The standard InChI is InChI=1S/C16H19ClN2O2/c1-16(2,3)13-9-14(17)19-15(18-13)10-6-7-11(20-4)12(8-10)21-5/h6-9H,1-5H3. The highest BCUT2D eigenvalue weighted by molar-refractivity contribution is 6.29. The van der Waals surface area contributed by atoms with Gasteiger partial charge in [0, 0.05) is 11.0 Å². The second-order valence-electron chi connectivity index (χ2n) is 5.72. The Balaban J connectivity index is 2.54. The first-order valence-corrected chi connectivity index (χ1v) is 7.00. The van der Waals surface area contributed by atoms with Gasteiger partial charge in [0.25, 0.3) is 0 Å². The van der Waals surface area contributed by atoms with Crippen molar-refractivity contribution >= 4 is 11.6 Å². The van der Waals surface area contributed by atoms with Crippen LogP contribution >= 0.6 is 11.6 Å². The van der Waals surface area contributed by atoms with Crippen molar-refractivity contribution in [3.8, 4) is 22.9 Å². The average molecular weight is 307 g/mol. The molecule has 112 valence electrons. The Morgan fingerprint density at radius 1 is 0.952 bits per heavy atom. The molecular weight excluding hydrogens is 288 g/mol. The van der Waals surface area contributed by atoms with Crippen LogP contribution in [-0.4, -0.2) is 24.2 Å². The molecule has 0 aliphatic heterocycles. The second-order valence-corrected chi connectivity index (χ2v) is 6.11. The number of aromatic nitrogens is 2. The number of hydrogen-bond acceptors (Lipinski definition) is 4. The molecule has 1 aromatic heterocycles. The Morgan fingerprint density at radius 2 is 1.62 bits per heavy atom. The van der Waals surface area contributed by atoms with Crippen molar-refractivity contribution in [1.29, 1.82) is 0 Å². The van der Waals surface area contributed by atoms with Crippen LogP contribution in [0.3, 0.4) is 0 Å². The van der Waals surface area contributed by atoms with Crippen molar-refractivity contribution in [2.45, 2.75) is 26.2 Å². The molecular formula is C16H19ClN2O2. The summed E-state index contributed by atoms with van der Waals surface area (Å²) in [5.74, 6) is 1.88. The van der Waals surface area contributed by atoms with Gasteiger partial charge < -0.3 is 9.47 Å². The van der Waals surface area contributed by atoms with Crippen molar-refractivity contribution < 1.29 is 9.47 Å². The molecule has 0 bridgehead atoms. The van der Waals surface area contributed by atoms with E-state index in [1.165, 1.54) is 0 Å². The molecule has 0 amide bonds. The van der Waals surface area contributed by atoms with E-state index < -0.39 is 0 Å². The Morgan fingerprint density at radius 3 is 2.19 bits per heavy atom. The summed E-state index contributed by atoms with van der Waals surface area (Å²) in [6, 6.07) is 7.36. The molecule has 0 saturated heterocycles. The molecule has 2 aromatic rings. The smallest absolute Gasteiger partial charge is 0.161 e. The first-order chi connectivity index (χ1) is 9.85. The van der Waals surface area contributed by atoms with Gasteiger partial charge in [-0.25, -0.2) is 9.97 Å². The number of benzene rings is 1. The van der Waals surface area contributed by atoms with Crippen molar-refractivity contribution in [3.63, 3.8) is 0 Å². The van der Waals surface area contributed by atoms with Crippen LogP contribution in [0.2, 0.25) is 5.15 Å². The molecule has 0 radical (unpaired) electrons. The van der Waals surface area contributed by atoms with Crippen LogP contribution < -0.4 is 9.47 Å². The van der Waals surface area contributed by atoms with Gasteiger partial charge >= 0.3 is 0 Å². The summed E-state index contributed by atoms with van der Waals surface area (Å²) in [6.07, 6.45) is 0. The maximum atomic E-state index is 6.13. The van der Waals surface area contributed by atoms with Gasteiger partial charge in [0.2, 0.25) is 0 Å². The Hall–Kier alpha value is -1.81. The van der Waals surface area contributed by atoms with Crippen molar-refractivity contribution in [2.75, 3.05) is 14.2 Å². The Kier molecular flexibility index (Phi) is 4.37. The van der Waals surface area contributed by atoms with Gasteiger partial charge in [-0.05, 0) is 24.3 Å². The lowest BCUT2D eigenvalue weighted by Crippen LogP contribution is -2.14. The highest BCUT2D eigenvalue weighted by atomic mass is 35.5. The average Bonchev–Trinajstić information content (AvgIpc) is 2.45. The normalized spacial score (nSPS) is 11.3. The summed E-state index contributed by atoms with van der Waals surface area (Å²) in [7, 11) is 3.20. The Bertz CT molecular complexity index is 651. The summed E-state index contributed by atoms with van der Waals surface area (Å²) in [5, 5.41) is 0.430. The van der Waals surface area contributed by atoms with Gasteiger partial charge in [0.05, 0.1) is 19.9 Å². The van der Waals surface area contributed by atoms with Crippen molar-refractivity contribution in [3.05, 3.63) is 35.1 Å². The van der Waals surface area contributed by atoms with Crippen LogP contribution in [0, 0.1) is 0 Å². The number of ether oxygens (including phenoxy) is 2. The van der Waals surface area contributed by atoms with Crippen LogP contribution in [0.15, 0.2) is 24.3 Å². The van der Waals surface area contributed by atoms with E-state index in [1.807, 2.05) is 18.2 Å². The molecule has 5 heteroatoms. The molecule has 4 nitrogen and oxygen atoms in total. The fraction of sp³-hybridized carbons (Fsp3) is 0.375. The number of halogens is 1. The zero-order valence-corrected chi connectivity index (χ0v) is 13.7. The van der Waals surface area contributed by atoms with Gasteiger partial charge in [-0.2, -0.15) is 0 Å². The van der Waals surface area contributed by atoms with Gasteiger partial charge in [-0.3, -0.25) is 0 Å². The molecule has 0 aliphatic rings. The lowest BCUT2D eigenvalue weighted by Gasteiger charge is -2.18. The maximum Gasteiger partial charge on any atom is 0.161 e. The predicted molar refractivity (Wildman–Crippen MR) is 84.3 cm³/mol. The summed E-state index contributed by atoms with van der Waals surface area (Å²) in [6.45, 7) is 6.26. The number of rotatable bonds is 3. The van der Waals surface area contributed by atoms with E-state index in [1.54, 1.807) is 20.3 Å². The third-order valence-corrected chi connectivity index (χ3v) is 3.30. The minimum Gasteiger partial charge on any atom is -0.493 e. The summed E-state index contributed by atoms with van der Waals surface area (Å²) >= 11 is 6.13. The lowest BCUT2D eigenvalue weighted by atomic mass is 9.92. The first-order valence-electron chi connectivity index (χ1n) is 6.62. The topological polar surface area (TPSA) is 44.2 Å². The zero-order chi connectivity index (χ0) is 15.6. The maximum absolute atomic E-state index is 6.13. The zero-order valence-electron chi connectivity index (χ0n) is 12.9. The van der Waals surface area contributed by atoms with E-state index in [0.717, 1.165) is 11.3 Å². The fourth-order valence-electron chi connectivity index (χ4n) is 1.91. The van der Waals surface area contributed by atoms with Crippen LogP contribution in [-0.2, 0) is 5.41 Å². The molecule has 0 saturated carbocycles. The van der Waals surface area contributed by atoms with Gasteiger partial charge in [-0.15, -0.1) is 0 Å². The monoisotopic (exact) mass is 306 g/mol. The lowest BCUT2D eigenvalue weighted by molar-refractivity contribution is 0.355. The van der Waals surface area contributed by atoms with Crippen molar-refractivity contribution in [1.82, 2.24) is 9.97 Å². The van der Waals surface area contributed by atoms with E-state index in [0.29, 0.717) is 22.5 Å². The highest BCUT2D eigenvalue weighted by Crippen LogP contribution is 2.32. The van der Waals surface area contributed by atoms with Crippen LogP contribution in [0.1, 0.15) is 26.5 Å². The third kappa shape index (κ3) is 3.45. The van der Waals surface area contributed by atoms with E-state index in [4.69, 9.17) is 21.1 Å². The molecule has 1 aromatic carbocycles. The number of nitrogens with zero attached hydrogens (tertiary/aromatic N) is 2. The number of methoxy groups -OCH3 is 2.